The van der Waals surface area contributed by atoms with Crippen LogP contribution in [0.4, 0.5) is 4.79 Å². The molecule has 2 aromatic rings. The summed E-state index contributed by atoms with van der Waals surface area (Å²) in [5.74, 6) is 4.85. The molecule has 180 valence electrons. The van der Waals surface area contributed by atoms with Crippen molar-refractivity contribution >= 4 is 17.9 Å². The highest BCUT2D eigenvalue weighted by atomic mass is 16.6. The van der Waals surface area contributed by atoms with Crippen molar-refractivity contribution in [3.8, 4) is 11.8 Å². The van der Waals surface area contributed by atoms with Gasteiger partial charge in [0.25, 0.3) is 11.8 Å². The fourth-order valence-electron chi connectivity index (χ4n) is 2.89. The van der Waals surface area contributed by atoms with Crippen LogP contribution in [0.1, 0.15) is 61.2 Å². The van der Waals surface area contributed by atoms with E-state index in [2.05, 4.69) is 29.4 Å². The highest BCUT2D eigenvalue weighted by Gasteiger charge is 2.22. The Hall–Kier alpha value is -3.83. The molecule has 0 aliphatic heterocycles. The number of carbonyl (C=O) groups excluding carboxylic acids is 3. The van der Waals surface area contributed by atoms with Crippen LogP contribution in [0.15, 0.2) is 48.5 Å². The molecule has 4 N–H and O–H groups in total. The summed E-state index contributed by atoms with van der Waals surface area (Å²) < 4.78 is 5.13. The maximum Gasteiger partial charge on any atom is 0.407 e. The molecule has 34 heavy (non-hydrogen) atoms. The SMILES string of the molecule is CCc1ccc(C#Cc2ccc(C(=O)N[C@@H](CCNC(=O)OC(C)(C)C)C(=O)NO)cc2)cc1. The molecule has 0 fully saturated rings. The van der Waals surface area contributed by atoms with Gasteiger partial charge in [0.2, 0.25) is 0 Å². The molecule has 0 unspecified atom stereocenters. The minimum Gasteiger partial charge on any atom is -0.444 e. The second-order valence-electron chi connectivity index (χ2n) is 8.60. The van der Waals surface area contributed by atoms with Crippen molar-refractivity contribution in [2.24, 2.45) is 0 Å². The zero-order valence-electron chi connectivity index (χ0n) is 19.9. The molecule has 0 saturated carbocycles. The van der Waals surface area contributed by atoms with E-state index in [-0.39, 0.29) is 13.0 Å². The summed E-state index contributed by atoms with van der Waals surface area (Å²) in [4.78, 5) is 36.3. The molecule has 0 spiro atoms. The van der Waals surface area contributed by atoms with E-state index in [9.17, 15) is 14.4 Å². The number of carbonyl (C=O) groups is 3. The first-order chi connectivity index (χ1) is 16.1. The van der Waals surface area contributed by atoms with Crippen molar-refractivity contribution in [3.63, 3.8) is 0 Å². The van der Waals surface area contributed by atoms with E-state index in [1.165, 1.54) is 11.0 Å². The van der Waals surface area contributed by atoms with Crippen LogP contribution in [-0.4, -0.2) is 41.3 Å². The molecule has 2 aromatic carbocycles. The summed E-state index contributed by atoms with van der Waals surface area (Å²) in [7, 11) is 0. The van der Waals surface area contributed by atoms with E-state index in [1.807, 2.05) is 24.3 Å². The summed E-state index contributed by atoms with van der Waals surface area (Å²) in [5, 5.41) is 14.1. The van der Waals surface area contributed by atoms with Gasteiger partial charge in [0.1, 0.15) is 11.6 Å². The van der Waals surface area contributed by atoms with Gasteiger partial charge in [0.15, 0.2) is 0 Å². The van der Waals surface area contributed by atoms with Crippen molar-refractivity contribution in [1.82, 2.24) is 16.1 Å². The smallest absolute Gasteiger partial charge is 0.407 e. The lowest BCUT2D eigenvalue weighted by molar-refractivity contribution is -0.131. The number of hydrogen-bond acceptors (Lipinski definition) is 5. The number of alkyl carbamates (subject to hydrolysis) is 1. The Morgan fingerprint density at radius 1 is 0.971 bits per heavy atom. The van der Waals surface area contributed by atoms with Crippen LogP contribution in [0.2, 0.25) is 0 Å². The molecule has 2 rings (SSSR count). The van der Waals surface area contributed by atoms with Gasteiger partial charge in [-0.2, -0.15) is 0 Å². The quantitative estimate of drug-likeness (QED) is 0.285. The predicted molar refractivity (Wildman–Crippen MR) is 128 cm³/mol. The Labute approximate surface area is 200 Å². The van der Waals surface area contributed by atoms with Crippen molar-refractivity contribution in [3.05, 3.63) is 70.8 Å². The van der Waals surface area contributed by atoms with Gasteiger partial charge in [-0.1, -0.05) is 30.9 Å². The Morgan fingerprint density at radius 3 is 2.03 bits per heavy atom. The van der Waals surface area contributed by atoms with E-state index < -0.39 is 29.6 Å². The number of nitrogens with one attached hydrogen (secondary N) is 3. The lowest BCUT2D eigenvalue weighted by Gasteiger charge is -2.21. The molecule has 8 nitrogen and oxygen atoms in total. The highest BCUT2D eigenvalue weighted by Crippen LogP contribution is 2.08. The van der Waals surface area contributed by atoms with Crippen LogP contribution in [0, 0.1) is 11.8 Å². The predicted octanol–water partition coefficient (Wildman–Crippen LogP) is 3.17. The highest BCUT2D eigenvalue weighted by molar-refractivity contribution is 5.97. The van der Waals surface area contributed by atoms with Crippen LogP contribution in [-0.2, 0) is 16.0 Å². The summed E-state index contributed by atoms with van der Waals surface area (Å²) in [6, 6.07) is 13.6. The molecule has 0 aliphatic carbocycles. The standard InChI is InChI=1S/C26H31N3O5/c1-5-18-6-8-19(9-7-18)10-11-20-12-14-21(15-13-20)23(30)28-22(24(31)29-33)16-17-27-25(32)34-26(2,3)4/h6-9,12-15,22,33H,5,16-17H2,1-4H3,(H,27,32)(H,28,30)(H,29,31)/t22-/m0/s1. The van der Waals surface area contributed by atoms with Crippen LogP contribution >= 0.6 is 0 Å². The van der Waals surface area contributed by atoms with E-state index in [1.54, 1.807) is 45.0 Å². The van der Waals surface area contributed by atoms with Crippen molar-refractivity contribution < 1.29 is 24.3 Å². The third-order valence-corrected chi connectivity index (χ3v) is 4.69. The van der Waals surface area contributed by atoms with E-state index in [0.29, 0.717) is 5.56 Å². The molecule has 0 aliphatic rings. The minimum atomic E-state index is -1.06. The first-order valence-electron chi connectivity index (χ1n) is 11.0. The molecule has 0 aromatic heterocycles. The number of benzene rings is 2. The van der Waals surface area contributed by atoms with E-state index in [0.717, 1.165) is 17.5 Å². The van der Waals surface area contributed by atoms with Gasteiger partial charge in [-0.3, -0.25) is 14.8 Å². The number of hydrogen-bond donors (Lipinski definition) is 4. The van der Waals surface area contributed by atoms with Gasteiger partial charge in [-0.15, -0.1) is 0 Å². The fourth-order valence-corrected chi connectivity index (χ4v) is 2.89. The van der Waals surface area contributed by atoms with Crippen LogP contribution in [0.25, 0.3) is 0 Å². The first kappa shape index (κ1) is 26.4. The summed E-state index contributed by atoms with van der Waals surface area (Å²) in [5.41, 5.74) is 4.09. The number of hydroxylamine groups is 1. The van der Waals surface area contributed by atoms with Crippen molar-refractivity contribution in [1.29, 1.82) is 0 Å². The number of aryl methyl sites for hydroxylation is 1. The van der Waals surface area contributed by atoms with Gasteiger partial charge < -0.3 is 15.4 Å². The topological polar surface area (TPSA) is 117 Å². The number of amides is 3. The molecule has 0 saturated heterocycles. The average molecular weight is 466 g/mol. The second kappa shape index (κ2) is 12.4. The van der Waals surface area contributed by atoms with Gasteiger partial charge in [-0.05, 0) is 75.6 Å². The average Bonchev–Trinajstić information content (AvgIpc) is 2.81. The zero-order valence-corrected chi connectivity index (χ0v) is 19.9. The summed E-state index contributed by atoms with van der Waals surface area (Å²) in [6.07, 6.45) is 0.385. The third-order valence-electron chi connectivity index (χ3n) is 4.69. The number of rotatable bonds is 7. The molecule has 1 atom stereocenters. The van der Waals surface area contributed by atoms with E-state index >= 15 is 0 Å². The molecule has 8 heteroatoms. The van der Waals surface area contributed by atoms with Gasteiger partial charge >= 0.3 is 6.09 Å². The molecular formula is C26H31N3O5. The van der Waals surface area contributed by atoms with Crippen molar-refractivity contribution in [2.75, 3.05) is 6.54 Å². The molecule has 0 bridgehead atoms. The first-order valence-corrected chi connectivity index (χ1v) is 11.0. The van der Waals surface area contributed by atoms with Gasteiger partial charge in [0, 0.05) is 23.2 Å². The Balaban J connectivity index is 1.96. The fraction of sp³-hybridized carbons (Fsp3) is 0.346. The maximum atomic E-state index is 12.6. The lowest BCUT2D eigenvalue weighted by atomic mass is 10.1. The maximum absolute atomic E-state index is 12.6. The second-order valence-corrected chi connectivity index (χ2v) is 8.60. The van der Waals surface area contributed by atoms with E-state index in [4.69, 9.17) is 9.94 Å². The monoisotopic (exact) mass is 465 g/mol. The minimum absolute atomic E-state index is 0.0533. The summed E-state index contributed by atoms with van der Waals surface area (Å²) >= 11 is 0. The normalized spacial score (nSPS) is 11.4. The Bertz CT molecular complexity index is 1050. The zero-order chi connectivity index (χ0) is 25.1. The summed E-state index contributed by atoms with van der Waals surface area (Å²) in [6.45, 7) is 7.35. The molecule has 3 amide bonds. The Morgan fingerprint density at radius 2 is 1.53 bits per heavy atom. The van der Waals surface area contributed by atoms with Crippen LogP contribution in [0.5, 0.6) is 0 Å². The Kier molecular flexibility index (Phi) is 9.65. The molecule has 0 radical (unpaired) electrons. The van der Waals surface area contributed by atoms with Crippen molar-refractivity contribution in [2.45, 2.75) is 52.2 Å². The van der Waals surface area contributed by atoms with Gasteiger partial charge in [-0.25, -0.2) is 10.3 Å². The largest absolute Gasteiger partial charge is 0.444 e. The lowest BCUT2D eigenvalue weighted by Crippen LogP contribution is -2.47. The van der Waals surface area contributed by atoms with Crippen LogP contribution in [0.3, 0.4) is 0 Å². The molecular weight excluding hydrogens is 434 g/mol. The van der Waals surface area contributed by atoms with Crippen LogP contribution < -0.4 is 16.1 Å². The third kappa shape index (κ3) is 8.96. The molecule has 0 heterocycles. The van der Waals surface area contributed by atoms with Gasteiger partial charge in [0.05, 0.1) is 0 Å². The number of ether oxygens (including phenoxy) is 1.